The van der Waals surface area contributed by atoms with Crippen LogP contribution in [0.15, 0.2) is 41.2 Å². The summed E-state index contributed by atoms with van der Waals surface area (Å²) in [7, 11) is 3.25. The number of amides is 1. The van der Waals surface area contributed by atoms with Crippen molar-refractivity contribution in [1.82, 2.24) is 14.5 Å². The van der Waals surface area contributed by atoms with Crippen molar-refractivity contribution in [3.63, 3.8) is 0 Å². The molecule has 7 heteroatoms. The summed E-state index contributed by atoms with van der Waals surface area (Å²) in [5, 5.41) is 0.528. The monoisotopic (exact) mass is 391 g/mol. The molecule has 29 heavy (non-hydrogen) atoms. The molecule has 0 spiro atoms. The van der Waals surface area contributed by atoms with Crippen molar-refractivity contribution in [3.05, 3.63) is 63.7 Å². The van der Waals surface area contributed by atoms with Gasteiger partial charge >= 0.3 is 0 Å². The number of nitrogens with zero attached hydrogens (tertiary/aromatic N) is 3. The van der Waals surface area contributed by atoms with Crippen molar-refractivity contribution in [2.75, 3.05) is 14.2 Å². The number of ether oxygens (including phenoxy) is 2. The van der Waals surface area contributed by atoms with E-state index < -0.39 is 6.04 Å². The Bertz CT molecular complexity index is 1220. The van der Waals surface area contributed by atoms with Gasteiger partial charge in [0.05, 0.1) is 37.7 Å². The lowest BCUT2D eigenvalue weighted by molar-refractivity contribution is -0.141. The molecular formula is C22H21N3O4. The number of para-hydroxylation sites is 1. The van der Waals surface area contributed by atoms with E-state index in [1.807, 2.05) is 35.2 Å². The van der Waals surface area contributed by atoms with E-state index in [2.05, 4.69) is 0 Å². The quantitative estimate of drug-likeness (QED) is 0.671. The van der Waals surface area contributed by atoms with Gasteiger partial charge in [0.15, 0.2) is 0 Å². The van der Waals surface area contributed by atoms with Crippen LogP contribution >= 0.6 is 0 Å². The summed E-state index contributed by atoms with van der Waals surface area (Å²) >= 11 is 0. The number of methoxy groups -OCH3 is 2. The minimum Gasteiger partial charge on any atom is -0.496 e. The summed E-state index contributed by atoms with van der Waals surface area (Å²) in [6.07, 6.45) is 0.513. The Balaban J connectivity index is 1.76. The Morgan fingerprint density at radius 1 is 1.00 bits per heavy atom. The molecular weight excluding hydrogens is 370 g/mol. The first-order valence-corrected chi connectivity index (χ1v) is 9.59. The predicted octanol–water partition coefficient (Wildman–Crippen LogP) is 2.61. The number of hydrogen-bond acceptors (Lipinski definition) is 5. The lowest BCUT2D eigenvalue weighted by Crippen LogP contribution is -2.51. The number of hydrogen-bond donors (Lipinski definition) is 0. The van der Waals surface area contributed by atoms with Crippen LogP contribution in [0, 0.1) is 0 Å². The molecule has 0 N–H and O–H groups in total. The Morgan fingerprint density at radius 2 is 1.69 bits per heavy atom. The van der Waals surface area contributed by atoms with E-state index in [9.17, 15) is 9.59 Å². The molecule has 2 atom stereocenters. The Hall–Kier alpha value is -3.35. The van der Waals surface area contributed by atoms with Gasteiger partial charge in [0.25, 0.3) is 5.56 Å². The predicted molar refractivity (Wildman–Crippen MR) is 107 cm³/mol. The van der Waals surface area contributed by atoms with Gasteiger partial charge in [-0.25, -0.2) is 4.98 Å². The molecule has 3 heterocycles. The molecule has 148 valence electrons. The third-order valence-corrected chi connectivity index (χ3v) is 6.05. The fourth-order valence-corrected chi connectivity index (χ4v) is 4.60. The third-order valence-electron chi connectivity index (χ3n) is 6.05. The average Bonchev–Trinajstić information content (AvgIpc) is 2.75. The largest absolute Gasteiger partial charge is 0.496 e. The standard InChI is InChI=1S/C22H21N3O4/c1-12-21(26)24-11-15-14(18(28-2)8-9-19(15)29-3)10-17(24)20-23-16-7-5-4-6-13(16)22(27)25(12)20/h4-9,12,17H,10-11H2,1-3H3/t12-,17+/m0/s1. The van der Waals surface area contributed by atoms with Crippen LogP contribution in [0.3, 0.4) is 0 Å². The van der Waals surface area contributed by atoms with Crippen LogP contribution in [0.2, 0.25) is 0 Å². The lowest BCUT2D eigenvalue weighted by atomic mass is 9.89. The van der Waals surface area contributed by atoms with E-state index in [4.69, 9.17) is 14.5 Å². The molecule has 0 radical (unpaired) electrons. The van der Waals surface area contributed by atoms with Crippen molar-refractivity contribution in [3.8, 4) is 11.5 Å². The maximum absolute atomic E-state index is 13.2. The van der Waals surface area contributed by atoms with Gasteiger partial charge in [-0.05, 0) is 31.2 Å². The van der Waals surface area contributed by atoms with E-state index in [-0.39, 0.29) is 17.5 Å². The molecule has 3 aromatic rings. The normalized spacial score (nSPS) is 20.1. The van der Waals surface area contributed by atoms with Gasteiger partial charge in [0.2, 0.25) is 5.91 Å². The number of carbonyl (C=O) groups excluding carboxylic acids is 1. The smallest absolute Gasteiger partial charge is 0.262 e. The first-order valence-electron chi connectivity index (χ1n) is 9.59. The molecule has 1 aromatic heterocycles. The summed E-state index contributed by atoms with van der Waals surface area (Å²) in [6, 6.07) is 10.1. The molecule has 0 aliphatic carbocycles. The molecule has 0 unspecified atom stereocenters. The molecule has 2 aliphatic rings. The highest BCUT2D eigenvalue weighted by Gasteiger charge is 2.43. The van der Waals surface area contributed by atoms with Crippen LogP contribution in [0.25, 0.3) is 10.9 Å². The highest BCUT2D eigenvalue weighted by atomic mass is 16.5. The average molecular weight is 391 g/mol. The summed E-state index contributed by atoms with van der Waals surface area (Å²) < 4.78 is 12.7. The van der Waals surface area contributed by atoms with Crippen molar-refractivity contribution in [2.45, 2.75) is 32.0 Å². The number of rotatable bonds is 2. The molecule has 0 saturated heterocycles. The van der Waals surface area contributed by atoms with Gasteiger partial charge in [0, 0.05) is 17.5 Å². The highest BCUT2D eigenvalue weighted by Crippen LogP contribution is 2.43. The van der Waals surface area contributed by atoms with E-state index in [0.717, 1.165) is 22.6 Å². The summed E-state index contributed by atoms with van der Waals surface area (Å²) in [5.74, 6) is 2.02. The second kappa shape index (κ2) is 6.34. The van der Waals surface area contributed by atoms with Gasteiger partial charge in [-0.3, -0.25) is 14.2 Å². The van der Waals surface area contributed by atoms with Crippen LogP contribution in [0.4, 0.5) is 0 Å². The number of benzene rings is 2. The summed E-state index contributed by atoms with van der Waals surface area (Å²) in [6.45, 7) is 2.16. The zero-order chi connectivity index (χ0) is 20.3. The Labute approximate surface area is 167 Å². The van der Waals surface area contributed by atoms with Gasteiger partial charge in [-0.1, -0.05) is 12.1 Å². The molecule has 2 aromatic carbocycles. The molecule has 7 nitrogen and oxygen atoms in total. The third kappa shape index (κ3) is 2.40. The number of carbonyl (C=O) groups is 1. The fourth-order valence-electron chi connectivity index (χ4n) is 4.60. The first kappa shape index (κ1) is 17.7. The minimum absolute atomic E-state index is 0.0859. The van der Waals surface area contributed by atoms with Gasteiger partial charge in [-0.15, -0.1) is 0 Å². The van der Waals surface area contributed by atoms with Crippen LogP contribution in [-0.2, 0) is 17.8 Å². The molecule has 0 saturated carbocycles. The Kier molecular flexibility index (Phi) is 3.87. The number of aromatic nitrogens is 2. The first-order chi connectivity index (χ1) is 14.0. The molecule has 1 amide bonds. The molecule has 0 bridgehead atoms. The Morgan fingerprint density at radius 3 is 2.41 bits per heavy atom. The van der Waals surface area contributed by atoms with Crippen molar-refractivity contribution < 1.29 is 14.3 Å². The second-order valence-corrected chi connectivity index (χ2v) is 7.45. The molecule has 0 fully saturated rings. The fraction of sp³-hybridized carbons (Fsp3) is 0.318. The van der Waals surface area contributed by atoms with E-state index in [1.54, 1.807) is 31.8 Å². The van der Waals surface area contributed by atoms with Crippen LogP contribution in [-0.4, -0.2) is 34.6 Å². The van der Waals surface area contributed by atoms with Crippen molar-refractivity contribution >= 4 is 16.8 Å². The maximum Gasteiger partial charge on any atom is 0.262 e. The van der Waals surface area contributed by atoms with E-state index in [1.165, 1.54) is 0 Å². The topological polar surface area (TPSA) is 73.7 Å². The second-order valence-electron chi connectivity index (χ2n) is 7.45. The van der Waals surface area contributed by atoms with Crippen molar-refractivity contribution in [2.24, 2.45) is 0 Å². The molecule has 5 rings (SSSR count). The zero-order valence-corrected chi connectivity index (χ0v) is 16.5. The summed E-state index contributed by atoms with van der Waals surface area (Å²) in [4.78, 5) is 33.0. The number of fused-ring (bicyclic) bond motifs is 5. The van der Waals surface area contributed by atoms with Crippen LogP contribution in [0.5, 0.6) is 11.5 Å². The van der Waals surface area contributed by atoms with Crippen LogP contribution in [0.1, 0.15) is 36.0 Å². The minimum atomic E-state index is -0.607. The van der Waals surface area contributed by atoms with Gasteiger partial charge < -0.3 is 14.4 Å². The maximum atomic E-state index is 13.2. The highest BCUT2D eigenvalue weighted by molar-refractivity contribution is 5.84. The lowest BCUT2D eigenvalue weighted by Gasteiger charge is -2.43. The van der Waals surface area contributed by atoms with E-state index >= 15 is 0 Å². The van der Waals surface area contributed by atoms with Gasteiger partial charge in [-0.2, -0.15) is 0 Å². The zero-order valence-electron chi connectivity index (χ0n) is 16.5. The molecule has 2 aliphatic heterocycles. The van der Waals surface area contributed by atoms with E-state index in [0.29, 0.717) is 29.7 Å². The van der Waals surface area contributed by atoms with Crippen molar-refractivity contribution in [1.29, 1.82) is 0 Å². The van der Waals surface area contributed by atoms with Crippen LogP contribution < -0.4 is 15.0 Å². The van der Waals surface area contributed by atoms with Gasteiger partial charge in [0.1, 0.15) is 23.4 Å². The summed E-state index contributed by atoms with van der Waals surface area (Å²) in [5.41, 5.74) is 2.41. The SMILES string of the molecule is COc1ccc(OC)c2c1C[C@@H]1c3nc4ccccc4c(=O)n3[C@@H](C)C(=O)N1C2.